The van der Waals surface area contributed by atoms with E-state index < -0.39 is 0 Å². The van der Waals surface area contributed by atoms with Crippen molar-refractivity contribution in [2.24, 2.45) is 0 Å². The average Bonchev–Trinajstić information content (AvgIpc) is 2.49. The van der Waals surface area contributed by atoms with Crippen LogP contribution in [0.1, 0.15) is 16.8 Å². The molecule has 0 aliphatic carbocycles. The van der Waals surface area contributed by atoms with Gasteiger partial charge in [0.05, 0.1) is 25.8 Å². The first-order valence-corrected chi connectivity index (χ1v) is 6.97. The Kier molecular flexibility index (Phi) is 5.17. The molecule has 0 fully saturated rings. The molecule has 0 saturated heterocycles. The van der Waals surface area contributed by atoms with Crippen molar-refractivity contribution in [3.05, 3.63) is 58.4 Å². The number of benzene rings is 1. The molecule has 5 heteroatoms. The van der Waals surface area contributed by atoms with E-state index in [1.54, 1.807) is 19.4 Å². The zero-order chi connectivity index (χ0) is 15.2. The third-order valence-electron chi connectivity index (χ3n) is 3.11. The van der Waals surface area contributed by atoms with E-state index in [1.165, 1.54) is 0 Å². The highest BCUT2D eigenvalue weighted by Crippen LogP contribution is 2.26. The predicted octanol–water partition coefficient (Wildman–Crippen LogP) is 2.91. The SMILES string of the molecule is COc1cc(C)c(Cl)cc1CC(=O)NCc1ccccn1. The van der Waals surface area contributed by atoms with Crippen LogP contribution in [0.15, 0.2) is 36.5 Å². The Bertz CT molecular complexity index is 630. The van der Waals surface area contributed by atoms with E-state index in [9.17, 15) is 4.79 Å². The lowest BCUT2D eigenvalue weighted by Gasteiger charge is -2.11. The summed E-state index contributed by atoms with van der Waals surface area (Å²) in [5, 5.41) is 3.46. The van der Waals surface area contributed by atoms with Crippen molar-refractivity contribution in [2.45, 2.75) is 19.9 Å². The number of hydrogen-bond donors (Lipinski definition) is 1. The van der Waals surface area contributed by atoms with Gasteiger partial charge in [-0.2, -0.15) is 0 Å². The molecule has 0 saturated carbocycles. The maximum absolute atomic E-state index is 12.0. The van der Waals surface area contributed by atoms with Crippen LogP contribution >= 0.6 is 11.6 Å². The molecular formula is C16H17ClN2O2. The molecule has 0 radical (unpaired) electrons. The van der Waals surface area contributed by atoms with Crippen LogP contribution in [-0.2, 0) is 17.8 Å². The number of amides is 1. The van der Waals surface area contributed by atoms with E-state index in [-0.39, 0.29) is 12.3 Å². The van der Waals surface area contributed by atoms with Gasteiger partial charge in [-0.3, -0.25) is 9.78 Å². The van der Waals surface area contributed by atoms with Gasteiger partial charge in [-0.15, -0.1) is 0 Å². The zero-order valence-corrected chi connectivity index (χ0v) is 12.8. The van der Waals surface area contributed by atoms with E-state index >= 15 is 0 Å². The van der Waals surface area contributed by atoms with Gasteiger partial charge in [-0.25, -0.2) is 0 Å². The van der Waals surface area contributed by atoms with Crippen molar-refractivity contribution < 1.29 is 9.53 Å². The van der Waals surface area contributed by atoms with Gasteiger partial charge in [0.25, 0.3) is 0 Å². The highest BCUT2D eigenvalue weighted by atomic mass is 35.5. The van der Waals surface area contributed by atoms with Gasteiger partial charge in [0.15, 0.2) is 0 Å². The summed E-state index contributed by atoms with van der Waals surface area (Å²) >= 11 is 6.10. The highest BCUT2D eigenvalue weighted by molar-refractivity contribution is 6.31. The van der Waals surface area contributed by atoms with Crippen LogP contribution in [0, 0.1) is 6.92 Å². The first-order valence-electron chi connectivity index (χ1n) is 6.59. The number of pyridine rings is 1. The second kappa shape index (κ2) is 7.09. The molecule has 1 N–H and O–H groups in total. The van der Waals surface area contributed by atoms with Crippen LogP contribution in [0.2, 0.25) is 5.02 Å². The summed E-state index contributed by atoms with van der Waals surface area (Å²) in [6, 6.07) is 9.20. The number of carbonyl (C=O) groups excluding carboxylic acids is 1. The summed E-state index contributed by atoms with van der Waals surface area (Å²) in [6.07, 6.45) is 1.92. The molecule has 110 valence electrons. The molecule has 1 heterocycles. The Labute approximate surface area is 129 Å². The maximum atomic E-state index is 12.0. The molecule has 1 amide bonds. The highest BCUT2D eigenvalue weighted by Gasteiger charge is 2.11. The summed E-state index contributed by atoms with van der Waals surface area (Å²) < 4.78 is 5.29. The third kappa shape index (κ3) is 4.20. The molecule has 1 aromatic carbocycles. The van der Waals surface area contributed by atoms with E-state index in [0.717, 1.165) is 16.8 Å². The topological polar surface area (TPSA) is 51.2 Å². The van der Waals surface area contributed by atoms with E-state index in [2.05, 4.69) is 10.3 Å². The monoisotopic (exact) mass is 304 g/mol. The Morgan fingerprint density at radius 1 is 1.38 bits per heavy atom. The molecule has 2 rings (SSSR count). The average molecular weight is 305 g/mol. The molecular weight excluding hydrogens is 288 g/mol. The van der Waals surface area contributed by atoms with Crippen LogP contribution in [0.25, 0.3) is 0 Å². The van der Waals surface area contributed by atoms with E-state index in [1.807, 2.05) is 31.2 Å². The van der Waals surface area contributed by atoms with E-state index in [4.69, 9.17) is 16.3 Å². The van der Waals surface area contributed by atoms with Gasteiger partial charge in [0.1, 0.15) is 5.75 Å². The standard InChI is InChI=1S/C16H17ClN2O2/c1-11-7-15(21-2)12(8-14(11)17)9-16(20)19-10-13-5-3-4-6-18-13/h3-8H,9-10H2,1-2H3,(H,19,20). The minimum atomic E-state index is -0.0983. The molecule has 4 nitrogen and oxygen atoms in total. The number of hydrogen-bond acceptors (Lipinski definition) is 3. The molecule has 21 heavy (non-hydrogen) atoms. The Morgan fingerprint density at radius 3 is 2.86 bits per heavy atom. The smallest absolute Gasteiger partial charge is 0.224 e. The fourth-order valence-electron chi connectivity index (χ4n) is 1.95. The number of carbonyl (C=O) groups is 1. The summed E-state index contributed by atoms with van der Waals surface area (Å²) in [4.78, 5) is 16.2. The molecule has 0 aliphatic rings. The quantitative estimate of drug-likeness (QED) is 0.924. The Hall–Kier alpha value is -2.07. The van der Waals surface area contributed by atoms with Gasteiger partial charge < -0.3 is 10.1 Å². The lowest BCUT2D eigenvalue weighted by molar-refractivity contribution is -0.120. The van der Waals surface area contributed by atoms with Crippen LogP contribution in [0.3, 0.4) is 0 Å². The van der Waals surface area contributed by atoms with Crippen molar-refractivity contribution in [3.8, 4) is 5.75 Å². The molecule has 2 aromatic rings. The lowest BCUT2D eigenvalue weighted by atomic mass is 10.1. The molecule has 0 atom stereocenters. The number of aromatic nitrogens is 1. The number of aryl methyl sites for hydroxylation is 1. The number of nitrogens with zero attached hydrogens (tertiary/aromatic N) is 1. The van der Waals surface area contributed by atoms with Crippen LogP contribution in [-0.4, -0.2) is 18.0 Å². The van der Waals surface area contributed by atoms with Crippen LogP contribution in [0.4, 0.5) is 0 Å². The van der Waals surface area contributed by atoms with Crippen molar-refractivity contribution in [2.75, 3.05) is 7.11 Å². The number of ether oxygens (including phenoxy) is 1. The minimum absolute atomic E-state index is 0.0983. The van der Waals surface area contributed by atoms with Crippen molar-refractivity contribution in [1.29, 1.82) is 0 Å². The molecule has 1 aromatic heterocycles. The third-order valence-corrected chi connectivity index (χ3v) is 3.51. The number of methoxy groups -OCH3 is 1. The van der Waals surface area contributed by atoms with Gasteiger partial charge in [0, 0.05) is 16.8 Å². The second-order valence-electron chi connectivity index (χ2n) is 4.69. The van der Waals surface area contributed by atoms with Gasteiger partial charge in [-0.1, -0.05) is 17.7 Å². The summed E-state index contributed by atoms with van der Waals surface area (Å²) in [7, 11) is 1.58. The zero-order valence-electron chi connectivity index (χ0n) is 12.0. The predicted molar refractivity (Wildman–Crippen MR) is 82.5 cm³/mol. The number of nitrogens with one attached hydrogen (secondary N) is 1. The van der Waals surface area contributed by atoms with Crippen LogP contribution in [0.5, 0.6) is 5.75 Å². The fraction of sp³-hybridized carbons (Fsp3) is 0.250. The van der Waals surface area contributed by atoms with Crippen molar-refractivity contribution in [3.63, 3.8) is 0 Å². The number of rotatable bonds is 5. The van der Waals surface area contributed by atoms with Crippen LogP contribution < -0.4 is 10.1 Å². The van der Waals surface area contributed by atoms with Crippen molar-refractivity contribution >= 4 is 17.5 Å². The second-order valence-corrected chi connectivity index (χ2v) is 5.10. The first-order chi connectivity index (χ1) is 10.1. The first kappa shape index (κ1) is 15.3. The Morgan fingerprint density at radius 2 is 2.19 bits per heavy atom. The van der Waals surface area contributed by atoms with Gasteiger partial charge >= 0.3 is 0 Å². The Balaban J connectivity index is 2.01. The lowest BCUT2D eigenvalue weighted by Crippen LogP contribution is -2.25. The molecule has 0 unspecified atom stereocenters. The normalized spacial score (nSPS) is 10.2. The molecule has 0 spiro atoms. The van der Waals surface area contributed by atoms with Crippen molar-refractivity contribution in [1.82, 2.24) is 10.3 Å². The largest absolute Gasteiger partial charge is 0.496 e. The fourth-order valence-corrected chi connectivity index (χ4v) is 2.14. The maximum Gasteiger partial charge on any atom is 0.224 e. The molecule has 0 aliphatic heterocycles. The van der Waals surface area contributed by atoms with Gasteiger partial charge in [0.2, 0.25) is 5.91 Å². The minimum Gasteiger partial charge on any atom is -0.496 e. The van der Waals surface area contributed by atoms with Gasteiger partial charge in [-0.05, 0) is 36.8 Å². The summed E-state index contributed by atoms with van der Waals surface area (Å²) in [5.74, 6) is 0.573. The number of halogens is 1. The molecule has 0 bridgehead atoms. The van der Waals surface area contributed by atoms with E-state index in [0.29, 0.717) is 17.3 Å². The summed E-state index contributed by atoms with van der Waals surface area (Å²) in [6.45, 7) is 2.30. The summed E-state index contributed by atoms with van der Waals surface area (Å²) in [5.41, 5.74) is 2.51.